The average molecular weight is 1020 g/mol. The number of benzene rings is 6. The second kappa shape index (κ2) is 21.8. The largest absolute Gasteiger partial charge is 3.00 e. The van der Waals surface area contributed by atoms with Gasteiger partial charge >= 0.3 is 32.7 Å². The van der Waals surface area contributed by atoms with E-state index < -0.39 is 0 Å². The van der Waals surface area contributed by atoms with Crippen LogP contribution >= 0.6 is 0 Å². The van der Waals surface area contributed by atoms with Crippen molar-refractivity contribution in [3.8, 4) is 50.7 Å². The van der Waals surface area contributed by atoms with Crippen molar-refractivity contribution >= 4 is 19.4 Å². The molecule has 0 fully saturated rings. The topological polar surface area (TPSA) is 43.6 Å². The van der Waals surface area contributed by atoms with Gasteiger partial charge in [-0.3, -0.25) is 33.2 Å². The fourth-order valence-corrected chi connectivity index (χ4v) is 5.42. The molecule has 8 aromatic rings. The Hall–Kier alpha value is -3.21. The number of fused-ring (bicyclic) bond motifs is 1. The average Bonchev–Trinajstić information content (AvgIpc) is 3.56. The smallest absolute Gasteiger partial charge is 0.374 e. The van der Waals surface area contributed by atoms with Crippen LogP contribution in [0.15, 0.2) is 140 Å². The van der Waals surface area contributed by atoms with Gasteiger partial charge in [-0.15, -0.1) is 42.0 Å². The summed E-state index contributed by atoms with van der Waals surface area (Å²) in [6.07, 6.45) is 1.81. The maximum Gasteiger partial charge on any atom is 3.00 e. The molecule has 261 valence electrons. The Morgan fingerprint density at radius 2 is 1.20 bits per heavy atom. The van der Waals surface area contributed by atoms with Crippen LogP contribution < -0.4 is 0 Å². The molecule has 0 aliphatic rings. The molecular weight excluding hydrogens is 989 g/mol. The van der Waals surface area contributed by atoms with Gasteiger partial charge in [-0.25, -0.2) is 41.5 Å². The monoisotopic (exact) mass is 1030 g/mol. The molecule has 0 N–H and O–H groups in total. The molecule has 0 atom stereocenters. The van der Waals surface area contributed by atoms with E-state index in [9.17, 15) is 0 Å². The van der Waals surface area contributed by atoms with Gasteiger partial charge in [0.2, 0.25) is 0 Å². The molecular formula is C46H35BIrN4Y2-4. The van der Waals surface area contributed by atoms with Crippen molar-refractivity contribution in [1.29, 1.82) is 0 Å². The Labute approximate surface area is 386 Å². The molecule has 0 spiro atoms. The van der Waals surface area contributed by atoms with Crippen molar-refractivity contribution in [2.45, 2.75) is 26.2 Å². The molecule has 0 unspecified atom stereocenters. The van der Waals surface area contributed by atoms with E-state index in [1.807, 2.05) is 121 Å². The van der Waals surface area contributed by atoms with E-state index in [1.54, 1.807) is 0 Å². The quantitative estimate of drug-likeness (QED) is 0.127. The van der Waals surface area contributed by atoms with Crippen LogP contribution in [0.25, 0.3) is 61.8 Å². The Morgan fingerprint density at radius 3 is 1.83 bits per heavy atom. The SMILES string of the molecule is CC(C)(C)c1ccnc(-c2[c-]cccc2)n1.[B].[CH3-].[Ir].[Y+3].[Y].[c-]1ccc(-c2[c-]cc(-c3[c-]cccc3)[c-]c2)[c-]c1-c1nc2ccccc2n1-c1ccccc1. The number of aromatic nitrogens is 4. The van der Waals surface area contributed by atoms with Gasteiger partial charge in [-0.2, -0.15) is 24.3 Å². The van der Waals surface area contributed by atoms with Crippen LogP contribution in [0.5, 0.6) is 0 Å². The summed E-state index contributed by atoms with van der Waals surface area (Å²) in [5, 5.41) is 0. The van der Waals surface area contributed by atoms with Crippen LogP contribution in [-0.2, 0) is 90.9 Å². The summed E-state index contributed by atoms with van der Waals surface area (Å²) in [6.45, 7) is 6.44. The van der Waals surface area contributed by atoms with Gasteiger partial charge in [0.1, 0.15) is 0 Å². The van der Waals surface area contributed by atoms with Crippen LogP contribution in [0.2, 0.25) is 0 Å². The minimum Gasteiger partial charge on any atom is -0.374 e. The van der Waals surface area contributed by atoms with Crippen molar-refractivity contribution < 1.29 is 85.5 Å². The zero-order chi connectivity index (χ0) is 33.6. The van der Waals surface area contributed by atoms with Gasteiger partial charge in [-0.05, 0) is 36.2 Å². The predicted molar refractivity (Wildman–Crippen MR) is 209 cm³/mol. The zero-order valence-electron chi connectivity index (χ0n) is 30.6. The van der Waals surface area contributed by atoms with Crippen molar-refractivity contribution in [3.05, 3.63) is 189 Å². The molecule has 8 heteroatoms. The fraction of sp³-hybridized carbons (Fsp3) is 0.0870. The second-order valence-electron chi connectivity index (χ2n) is 12.5. The normalized spacial score (nSPS) is 10.1. The maximum absolute atomic E-state index is 4.93. The van der Waals surface area contributed by atoms with Crippen LogP contribution in [0, 0.1) is 43.8 Å². The van der Waals surface area contributed by atoms with Gasteiger partial charge in [-0.1, -0.05) is 51.1 Å². The molecule has 0 bridgehead atoms. The number of nitrogens with zero attached hydrogens (tertiary/aromatic N) is 4. The molecule has 4 nitrogen and oxygen atoms in total. The van der Waals surface area contributed by atoms with Crippen molar-refractivity contribution in [2.75, 3.05) is 0 Å². The number of imidazole rings is 1. The number of para-hydroxylation sites is 3. The van der Waals surface area contributed by atoms with Gasteiger partial charge in [0.05, 0.1) is 16.9 Å². The van der Waals surface area contributed by atoms with Crippen molar-refractivity contribution in [3.63, 3.8) is 0 Å². The van der Waals surface area contributed by atoms with Crippen LogP contribution in [0.1, 0.15) is 26.5 Å². The standard InChI is InChI=1S/C31H17N2.C14H15N2.CH3.B.Ir.2Y/c1-3-10-23(11-4-1)24-18-20-25(21-19-24)26-12-9-13-27(22-26)31-32-29-16-7-8-17-30(29)33(31)28-14-5-2-6-15-28;1-14(2,3)12-9-10-15-13(16-12)11-7-5-4-6-8-11;;;;;/h1-10,12,14-18,21H;4-7,9-10H,1-3H3;1H3;;;;/q-5;2*-1;;;;+3. The first-order chi connectivity index (χ1) is 23.9. The van der Waals surface area contributed by atoms with Crippen molar-refractivity contribution in [2.24, 2.45) is 0 Å². The predicted octanol–water partition coefficient (Wildman–Crippen LogP) is 10.3. The zero-order valence-corrected chi connectivity index (χ0v) is 38.7. The summed E-state index contributed by atoms with van der Waals surface area (Å²) in [4.78, 5) is 13.8. The third-order valence-corrected chi connectivity index (χ3v) is 7.94. The fourth-order valence-electron chi connectivity index (χ4n) is 5.42. The third kappa shape index (κ3) is 11.2. The molecule has 0 aliphatic carbocycles. The van der Waals surface area contributed by atoms with Gasteiger partial charge < -0.3 is 28.6 Å². The van der Waals surface area contributed by atoms with Crippen molar-refractivity contribution in [1.82, 2.24) is 19.5 Å². The summed E-state index contributed by atoms with van der Waals surface area (Å²) in [5.41, 5.74) is 9.70. The summed E-state index contributed by atoms with van der Waals surface area (Å²) < 4.78 is 2.16. The Morgan fingerprint density at radius 1 is 0.593 bits per heavy atom. The molecule has 8 rings (SSSR count). The minimum atomic E-state index is 0. The Bertz CT molecular complexity index is 2310. The summed E-state index contributed by atoms with van der Waals surface area (Å²) in [6, 6.07) is 63.8. The first-order valence-electron chi connectivity index (χ1n) is 16.1. The summed E-state index contributed by atoms with van der Waals surface area (Å²) in [7, 11) is 0. The van der Waals surface area contributed by atoms with E-state index in [0.717, 1.165) is 67.4 Å². The molecule has 5 radical (unpaired) electrons. The molecule has 2 heterocycles. The molecule has 0 saturated carbocycles. The Balaban J connectivity index is 0.000000414. The Kier molecular flexibility index (Phi) is 18.9. The molecule has 54 heavy (non-hydrogen) atoms. The van der Waals surface area contributed by atoms with E-state index in [-0.39, 0.29) is 107 Å². The van der Waals surface area contributed by atoms with Crippen LogP contribution in [0.4, 0.5) is 0 Å². The number of hydrogen-bond acceptors (Lipinski definition) is 3. The van der Waals surface area contributed by atoms with Gasteiger partial charge in [0.25, 0.3) is 0 Å². The summed E-state index contributed by atoms with van der Waals surface area (Å²) >= 11 is 0. The molecule has 0 saturated heterocycles. The first kappa shape index (κ1) is 46.9. The molecule has 6 aromatic carbocycles. The van der Waals surface area contributed by atoms with E-state index in [4.69, 9.17) is 4.98 Å². The van der Waals surface area contributed by atoms with Gasteiger partial charge in [0, 0.05) is 84.2 Å². The van der Waals surface area contributed by atoms with E-state index in [1.165, 1.54) is 0 Å². The molecule has 0 amide bonds. The molecule has 0 aliphatic heterocycles. The van der Waals surface area contributed by atoms with Crippen LogP contribution in [-0.4, -0.2) is 27.9 Å². The van der Waals surface area contributed by atoms with E-state index in [0.29, 0.717) is 0 Å². The first-order valence-corrected chi connectivity index (χ1v) is 16.1. The summed E-state index contributed by atoms with van der Waals surface area (Å²) in [5.74, 6) is 1.55. The van der Waals surface area contributed by atoms with Crippen LogP contribution in [0.3, 0.4) is 0 Å². The second-order valence-corrected chi connectivity index (χ2v) is 12.5. The number of rotatable bonds is 5. The minimum absolute atomic E-state index is 0. The number of hydrogen-bond donors (Lipinski definition) is 0. The maximum atomic E-state index is 4.93. The third-order valence-electron chi connectivity index (χ3n) is 7.94. The molecule has 2 aromatic heterocycles. The van der Waals surface area contributed by atoms with E-state index in [2.05, 4.69) is 89.9 Å². The van der Waals surface area contributed by atoms with Gasteiger partial charge in [0.15, 0.2) is 0 Å². The van der Waals surface area contributed by atoms with E-state index >= 15 is 0 Å².